The molecule has 2 N–H and O–H groups in total. The predicted molar refractivity (Wildman–Crippen MR) is 68.8 cm³/mol. The summed E-state index contributed by atoms with van der Waals surface area (Å²) >= 11 is 0. The van der Waals surface area contributed by atoms with Gasteiger partial charge in [-0.2, -0.15) is 0 Å². The monoisotopic (exact) mass is 253 g/mol. The van der Waals surface area contributed by atoms with Crippen molar-refractivity contribution in [2.75, 3.05) is 19.6 Å². The summed E-state index contributed by atoms with van der Waals surface area (Å²) in [5.74, 6) is 0.171. The van der Waals surface area contributed by atoms with Crippen LogP contribution >= 0.6 is 0 Å². The van der Waals surface area contributed by atoms with Crippen molar-refractivity contribution in [1.29, 1.82) is 0 Å². The second-order valence-corrected chi connectivity index (χ2v) is 5.39. The molecule has 0 aliphatic carbocycles. The molecule has 5 nitrogen and oxygen atoms in total. The molecule has 2 saturated heterocycles. The van der Waals surface area contributed by atoms with Crippen molar-refractivity contribution < 1.29 is 9.59 Å². The first-order valence-electron chi connectivity index (χ1n) is 6.92. The number of likely N-dealkylation sites (tertiary alicyclic amines) is 2. The van der Waals surface area contributed by atoms with Crippen molar-refractivity contribution in [3.8, 4) is 0 Å². The minimum absolute atomic E-state index is 0.0629. The number of hydrogen-bond acceptors (Lipinski definition) is 3. The number of hydrogen-bond donors (Lipinski definition) is 1. The second kappa shape index (κ2) is 5.69. The number of rotatable bonds is 3. The summed E-state index contributed by atoms with van der Waals surface area (Å²) < 4.78 is 0. The van der Waals surface area contributed by atoms with Gasteiger partial charge >= 0.3 is 0 Å². The lowest BCUT2D eigenvalue weighted by Crippen LogP contribution is -2.54. The van der Waals surface area contributed by atoms with E-state index in [1.54, 1.807) is 4.90 Å². The van der Waals surface area contributed by atoms with Crippen LogP contribution in [0, 0.1) is 0 Å². The van der Waals surface area contributed by atoms with E-state index in [-0.39, 0.29) is 30.4 Å². The van der Waals surface area contributed by atoms with Gasteiger partial charge in [-0.25, -0.2) is 0 Å². The molecule has 0 radical (unpaired) electrons. The molecule has 0 aromatic heterocycles. The van der Waals surface area contributed by atoms with E-state index in [2.05, 4.69) is 6.92 Å². The van der Waals surface area contributed by atoms with Gasteiger partial charge in [0.2, 0.25) is 11.8 Å². The molecular formula is C13H23N3O2. The van der Waals surface area contributed by atoms with Gasteiger partial charge in [-0.3, -0.25) is 9.59 Å². The summed E-state index contributed by atoms with van der Waals surface area (Å²) in [4.78, 5) is 27.5. The number of nitrogens with two attached hydrogens (primary N) is 1. The molecule has 2 atom stereocenters. The molecule has 0 saturated carbocycles. The molecule has 2 aliphatic rings. The zero-order valence-corrected chi connectivity index (χ0v) is 11.1. The SMILES string of the molecule is CC1CCCC(CN)N1C(=O)CN1CCCC1=O. The quantitative estimate of drug-likeness (QED) is 0.788. The normalized spacial score (nSPS) is 28.9. The van der Waals surface area contributed by atoms with Crippen molar-refractivity contribution >= 4 is 11.8 Å². The summed E-state index contributed by atoms with van der Waals surface area (Å²) in [7, 11) is 0. The Labute approximate surface area is 108 Å². The van der Waals surface area contributed by atoms with Crippen LogP contribution in [0.15, 0.2) is 0 Å². The Morgan fingerprint density at radius 2 is 2.17 bits per heavy atom. The van der Waals surface area contributed by atoms with Gasteiger partial charge in [0.15, 0.2) is 0 Å². The van der Waals surface area contributed by atoms with E-state index in [0.29, 0.717) is 13.0 Å². The summed E-state index contributed by atoms with van der Waals surface area (Å²) in [5.41, 5.74) is 5.75. The average Bonchev–Trinajstić information content (AvgIpc) is 2.74. The van der Waals surface area contributed by atoms with E-state index < -0.39 is 0 Å². The molecule has 5 heteroatoms. The maximum absolute atomic E-state index is 12.4. The molecule has 0 aromatic rings. The third-order valence-electron chi connectivity index (χ3n) is 4.09. The first-order valence-corrected chi connectivity index (χ1v) is 6.92. The molecule has 0 bridgehead atoms. The van der Waals surface area contributed by atoms with Crippen molar-refractivity contribution in [3.63, 3.8) is 0 Å². The fraction of sp³-hybridized carbons (Fsp3) is 0.846. The molecule has 2 amide bonds. The van der Waals surface area contributed by atoms with Gasteiger partial charge < -0.3 is 15.5 Å². The number of nitrogens with zero attached hydrogens (tertiary/aromatic N) is 2. The molecule has 2 rings (SSSR count). The van der Waals surface area contributed by atoms with Crippen molar-refractivity contribution in [1.82, 2.24) is 9.80 Å². The maximum atomic E-state index is 12.4. The van der Waals surface area contributed by atoms with E-state index >= 15 is 0 Å². The lowest BCUT2D eigenvalue weighted by atomic mass is 9.96. The smallest absolute Gasteiger partial charge is 0.242 e. The van der Waals surface area contributed by atoms with Gasteiger partial charge in [0.05, 0.1) is 6.54 Å². The van der Waals surface area contributed by atoms with Crippen LogP contribution in [0.2, 0.25) is 0 Å². The highest BCUT2D eigenvalue weighted by atomic mass is 16.2. The minimum Gasteiger partial charge on any atom is -0.334 e. The van der Waals surface area contributed by atoms with E-state index in [0.717, 1.165) is 32.2 Å². The van der Waals surface area contributed by atoms with Gasteiger partial charge in [-0.15, -0.1) is 0 Å². The Bertz CT molecular complexity index is 332. The molecule has 2 unspecified atom stereocenters. The number of carbonyl (C=O) groups is 2. The first kappa shape index (κ1) is 13.3. The Kier molecular flexibility index (Phi) is 4.22. The van der Waals surface area contributed by atoms with Crippen molar-refractivity contribution in [3.05, 3.63) is 0 Å². The van der Waals surface area contributed by atoms with Gasteiger partial charge in [0.1, 0.15) is 0 Å². The van der Waals surface area contributed by atoms with Gasteiger partial charge in [-0.1, -0.05) is 0 Å². The Morgan fingerprint density at radius 3 is 2.78 bits per heavy atom. The maximum Gasteiger partial charge on any atom is 0.242 e. The van der Waals surface area contributed by atoms with E-state index in [1.807, 2.05) is 4.90 Å². The van der Waals surface area contributed by atoms with Crippen molar-refractivity contribution in [2.24, 2.45) is 5.73 Å². The fourth-order valence-electron chi connectivity index (χ4n) is 3.08. The lowest BCUT2D eigenvalue weighted by molar-refractivity contribution is -0.142. The van der Waals surface area contributed by atoms with Crippen molar-refractivity contribution in [2.45, 2.75) is 51.1 Å². The predicted octanol–water partition coefficient (Wildman–Crippen LogP) is 0.337. The Morgan fingerprint density at radius 1 is 1.39 bits per heavy atom. The van der Waals surface area contributed by atoms with Crippen LogP contribution in [0.25, 0.3) is 0 Å². The van der Waals surface area contributed by atoms with Crippen LogP contribution in [-0.4, -0.2) is 53.3 Å². The van der Waals surface area contributed by atoms with E-state index in [4.69, 9.17) is 5.73 Å². The Hall–Kier alpha value is -1.10. The summed E-state index contributed by atoms with van der Waals surface area (Å²) in [6, 6.07) is 0.400. The second-order valence-electron chi connectivity index (χ2n) is 5.39. The number of amides is 2. The zero-order valence-electron chi connectivity index (χ0n) is 11.1. The minimum atomic E-state index is 0.0629. The van der Waals surface area contributed by atoms with Crippen LogP contribution in [0.3, 0.4) is 0 Å². The van der Waals surface area contributed by atoms with Crippen LogP contribution in [0.5, 0.6) is 0 Å². The largest absolute Gasteiger partial charge is 0.334 e. The summed E-state index contributed by atoms with van der Waals surface area (Å²) in [6.45, 7) is 3.55. The topological polar surface area (TPSA) is 66.6 Å². The molecule has 2 heterocycles. The van der Waals surface area contributed by atoms with E-state index in [1.165, 1.54) is 0 Å². The zero-order chi connectivity index (χ0) is 13.1. The first-order chi connectivity index (χ1) is 8.63. The average molecular weight is 253 g/mol. The third kappa shape index (κ3) is 2.66. The van der Waals surface area contributed by atoms with Crippen LogP contribution in [-0.2, 0) is 9.59 Å². The highest BCUT2D eigenvalue weighted by Crippen LogP contribution is 2.23. The molecular weight excluding hydrogens is 230 g/mol. The summed E-state index contributed by atoms with van der Waals surface area (Å²) in [5, 5.41) is 0. The molecule has 0 aromatic carbocycles. The summed E-state index contributed by atoms with van der Waals surface area (Å²) in [6.07, 6.45) is 4.62. The Balaban J connectivity index is 1.99. The van der Waals surface area contributed by atoms with Gasteiger partial charge in [-0.05, 0) is 32.6 Å². The third-order valence-corrected chi connectivity index (χ3v) is 4.09. The van der Waals surface area contributed by atoms with Crippen LogP contribution in [0.1, 0.15) is 39.0 Å². The lowest BCUT2D eigenvalue weighted by Gasteiger charge is -2.41. The highest BCUT2D eigenvalue weighted by molar-refractivity contribution is 5.86. The molecule has 0 spiro atoms. The number of piperidine rings is 1. The van der Waals surface area contributed by atoms with E-state index in [9.17, 15) is 9.59 Å². The number of carbonyl (C=O) groups excluding carboxylic acids is 2. The molecule has 102 valence electrons. The standard InChI is InChI=1S/C13H23N3O2/c1-10-4-2-5-11(8-14)16(10)13(18)9-15-7-3-6-12(15)17/h10-11H,2-9,14H2,1H3. The highest BCUT2D eigenvalue weighted by Gasteiger charge is 2.33. The molecule has 2 fully saturated rings. The van der Waals surface area contributed by atoms with Crippen LogP contribution < -0.4 is 5.73 Å². The van der Waals surface area contributed by atoms with Gasteiger partial charge in [0.25, 0.3) is 0 Å². The van der Waals surface area contributed by atoms with Crippen LogP contribution in [0.4, 0.5) is 0 Å². The molecule has 18 heavy (non-hydrogen) atoms. The fourth-order valence-corrected chi connectivity index (χ4v) is 3.08. The van der Waals surface area contributed by atoms with Gasteiger partial charge in [0, 0.05) is 31.6 Å². The molecule has 2 aliphatic heterocycles.